The van der Waals surface area contributed by atoms with Gasteiger partial charge in [-0.25, -0.2) is 0 Å². The van der Waals surface area contributed by atoms with Gasteiger partial charge in [0.1, 0.15) is 5.54 Å². The topological polar surface area (TPSA) is 49.3 Å². The van der Waals surface area contributed by atoms with E-state index < -0.39 is 11.5 Å². The molecule has 0 fully saturated rings. The highest BCUT2D eigenvalue weighted by atomic mass is 35.5. The van der Waals surface area contributed by atoms with Gasteiger partial charge in [-0.05, 0) is 51.5 Å². The van der Waals surface area contributed by atoms with Gasteiger partial charge in [0.25, 0.3) is 0 Å². The van der Waals surface area contributed by atoms with Gasteiger partial charge < -0.3 is 5.11 Å². The quantitative estimate of drug-likeness (QED) is 0.755. The molecule has 1 unspecified atom stereocenters. The zero-order chi connectivity index (χ0) is 14.5. The van der Waals surface area contributed by atoms with Crippen molar-refractivity contribution >= 4 is 29.3 Å². The van der Waals surface area contributed by atoms with Gasteiger partial charge in [0, 0.05) is 21.7 Å². The van der Waals surface area contributed by atoms with Crippen molar-refractivity contribution in [3.63, 3.8) is 0 Å². The van der Waals surface area contributed by atoms with Crippen LogP contribution in [0.2, 0.25) is 5.02 Å². The molecule has 0 radical (unpaired) electrons. The molecule has 0 aliphatic rings. The van der Waals surface area contributed by atoms with E-state index in [1.54, 1.807) is 18.7 Å². The Morgan fingerprint density at radius 2 is 2.00 bits per heavy atom. The molecule has 1 aromatic carbocycles. The third kappa shape index (κ3) is 5.43. The Labute approximate surface area is 123 Å². The normalized spacial score (nSPS) is 14.4. The Kier molecular flexibility index (Phi) is 6.17. The molecule has 0 saturated heterocycles. The number of nitrogens with one attached hydrogen (secondary N) is 1. The summed E-state index contributed by atoms with van der Waals surface area (Å²) < 4.78 is 0. The lowest BCUT2D eigenvalue weighted by Crippen LogP contribution is -2.52. The molecule has 0 bridgehead atoms. The van der Waals surface area contributed by atoms with Gasteiger partial charge in [0.15, 0.2) is 0 Å². The number of halogens is 1. The molecule has 0 aromatic heterocycles. The highest BCUT2D eigenvalue weighted by Crippen LogP contribution is 2.24. The van der Waals surface area contributed by atoms with E-state index in [9.17, 15) is 9.90 Å². The Hall–Kier alpha value is -0.710. The number of carbonyl (C=O) groups is 1. The highest BCUT2D eigenvalue weighted by molar-refractivity contribution is 7.99. The number of hydrogen-bond donors (Lipinski definition) is 2. The summed E-state index contributed by atoms with van der Waals surface area (Å²) in [5, 5.41) is 13.2. The highest BCUT2D eigenvalue weighted by Gasteiger charge is 2.32. The SMILES string of the molecule is CC(C)NC(C)(CCSc1ccc(Cl)cc1)C(=O)O. The van der Waals surface area contributed by atoms with Gasteiger partial charge in [-0.15, -0.1) is 11.8 Å². The van der Waals surface area contributed by atoms with Crippen molar-refractivity contribution in [3.8, 4) is 0 Å². The molecule has 3 nitrogen and oxygen atoms in total. The molecule has 0 saturated carbocycles. The van der Waals surface area contributed by atoms with E-state index in [0.29, 0.717) is 11.4 Å². The van der Waals surface area contributed by atoms with E-state index >= 15 is 0 Å². The minimum atomic E-state index is -0.881. The lowest BCUT2D eigenvalue weighted by Gasteiger charge is -2.28. The molecule has 0 aliphatic carbocycles. The molecular weight excluding hydrogens is 282 g/mol. The van der Waals surface area contributed by atoms with Gasteiger partial charge >= 0.3 is 5.97 Å². The Morgan fingerprint density at radius 3 is 2.47 bits per heavy atom. The number of thioether (sulfide) groups is 1. The van der Waals surface area contributed by atoms with Gasteiger partial charge in [0.2, 0.25) is 0 Å². The third-order valence-corrected chi connectivity index (χ3v) is 4.03. The zero-order valence-electron chi connectivity index (χ0n) is 11.4. The molecule has 19 heavy (non-hydrogen) atoms. The molecule has 0 spiro atoms. The van der Waals surface area contributed by atoms with Crippen LogP contribution in [0.15, 0.2) is 29.2 Å². The van der Waals surface area contributed by atoms with Gasteiger partial charge in [0.05, 0.1) is 0 Å². The summed E-state index contributed by atoms with van der Waals surface area (Å²) in [7, 11) is 0. The Balaban J connectivity index is 2.53. The van der Waals surface area contributed by atoms with Crippen molar-refractivity contribution in [1.82, 2.24) is 5.32 Å². The molecule has 0 heterocycles. The van der Waals surface area contributed by atoms with Crippen molar-refractivity contribution in [1.29, 1.82) is 0 Å². The maximum absolute atomic E-state index is 11.4. The van der Waals surface area contributed by atoms with Crippen molar-refractivity contribution in [2.45, 2.75) is 43.7 Å². The first kappa shape index (κ1) is 16.3. The summed E-state index contributed by atoms with van der Waals surface area (Å²) in [5.74, 6) is -0.0673. The van der Waals surface area contributed by atoms with Crippen LogP contribution < -0.4 is 5.32 Å². The minimum absolute atomic E-state index is 0.140. The molecule has 0 aliphatic heterocycles. The van der Waals surface area contributed by atoms with E-state index in [4.69, 9.17) is 11.6 Å². The van der Waals surface area contributed by atoms with Crippen LogP contribution in [0.25, 0.3) is 0 Å². The van der Waals surface area contributed by atoms with E-state index in [1.807, 2.05) is 38.1 Å². The summed E-state index contributed by atoms with van der Waals surface area (Å²) >= 11 is 7.46. The Bertz CT molecular complexity index is 422. The Morgan fingerprint density at radius 1 is 1.42 bits per heavy atom. The summed E-state index contributed by atoms with van der Waals surface area (Å²) in [6, 6.07) is 7.71. The lowest BCUT2D eigenvalue weighted by atomic mass is 9.98. The lowest BCUT2D eigenvalue weighted by molar-refractivity contribution is -0.144. The van der Waals surface area contributed by atoms with E-state index in [-0.39, 0.29) is 6.04 Å². The largest absolute Gasteiger partial charge is 0.480 e. The first-order chi connectivity index (χ1) is 8.83. The number of rotatable bonds is 7. The summed E-state index contributed by atoms with van der Waals surface area (Å²) in [5.41, 5.74) is -0.881. The number of benzene rings is 1. The number of aliphatic carboxylic acids is 1. The monoisotopic (exact) mass is 301 g/mol. The van der Waals surface area contributed by atoms with Crippen molar-refractivity contribution in [2.75, 3.05) is 5.75 Å². The number of carboxylic acid groups (broad SMARTS) is 1. The fraction of sp³-hybridized carbons (Fsp3) is 0.500. The van der Waals surface area contributed by atoms with E-state index in [1.165, 1.54) is 0 Å². The second-order valence-electron chi connectivity index (χ2n) is 4.99. The molecule has 1 atom stereocenters. The maximum atomic E-state index is 11.4. The molecule has 1 rings (SSSR count). The van der Waals surface area contributed by atoms with E-state index in [2.05, 4.69) is 5.32 Å². The predicted octanol–water partition coefficient (Wildman–Crippen LogP) is 3.66. The van der Waals surface area contributed by atoms with Gasteiger partial charge in [-0.3, -0.25) is 10.1 Å². The first-order valence-electron chi connectivity index (χ1n) is 6.23. The van der Waals surface area contributed by atoms with Crippen LogP contribution in [-0.4, -0.2) is 28.4 Å². The molecule has 5 heteroatoms. The van der Waals surface area contributed by atoms with Crippen molar-refractivity contribution in [2.24, 2.45) is 0 Å². The van der Waals surface area contributed by atoms with Crippen LogP contribution in [0, 0.1) is 0 Å². The smallest absolute Gasteiger partial charge is 0.323 e. The summed E-state index contributed by atoms with van der Waals surface area (Å²) in [6.07, 6.45) is 0.563. The standard InChI is InChI=1S/C14H20ClNO2S/c1-10(2)16-14(3,13(17)18)8-9-19-12-6-4-11(15)5-7-12/h4-7,10,16H,8-9H2,1-3H3,(H,17,18). The van der Waals surface area contributed by atoms with Crippen molar-refractivity contribution in [3.05, 3.63) is 29.3 Å². The summed E-state index contributed by atoms with van der Waals surface area (Å²) in [6.45, 7) is 5.64. The predicted molar refractivity (Wildman–Crippen MR) is 81.1 cm³/mol. The molecule has 0 amide bonds. The van der Waals surface area contributed by atoms with E-state index in [0.717, 1.165) is 10.6 Å². The summed E-state index contributed by atoms with van der Waals surface area (Å²) in [4.78, 5) is 12.5. The third-order valence-electron chi connectivity index (χ3n) is 2.76. The maximum Gasteiger partial charge on any atom is 0.323 e. The van der Waals surface area contributed by atoms with Crippen molar-refractivity contribution < 1.29 is 9.90 Å². The number of hydrogen-bond acceptors (Lipinski definition) is 3. The van der Waals surface area contributed by atoms with Gasteiger partial charge in [-0.1, -0.05) is 11.6 Å². The second-order valence-corrected chi connectivity index (χ2v) is 6.59. The second kappa shape index (κ2) is 7.17. The fourth-order valence-electron chi connectivity index (χ4n) is 1.78. The van der Waals surface area contributed by atoms with Crippen LogP contribution in [0.4, 0.5) is 0 Å². The molecular formula is C14H20ClNO2S. The number of carboxylic acids is 1. The minimum Gasteiger partial charge on any atom is -0.480 e. The van der Waals surface area contributed by atoms with Crippen LogP contribution in [0.3, 0.4) is 0 Å². The average Bonchev–Trinajstić information content (AvgIpc) is 2.30. The van der Waals surface area contributed by atoms with Crippen LogP contribution >= 0.6 is 23.4 Å². The molecule has 106 valence electrons. The fourth-order valence-corrected chi connectivity index (χ4v) is 2.98. The average molecular weight is 302 g/mol. The zero-order valence-corrected chi connectivity index (χ0v) is 13.0. The molecule has 2 N–H and O–H groups in total. The van der Waals surface area contributed by atoms with Crippen LogP contribution in [0.1, 0.15) is 27.2 Å². The first-order valence-corrected chi connectivity index (χ1v) is 7.59. The van der Waals surface area contributed by atoms with Gasteiger partial charge in [-0.2, -0.15) is 0 Å². The molecule has 1 aromatic rings. The van der Waals surface area contributed by atoms with Crippen LogP contribution in [-0.2, 0) is 4.79 Å². The van der Waals surface area contributed by atoms with Crippen LogP contribution in [0.5, 0.6) is 0 Å².